The van der Waals surface area contributed by atoms with Gasteiger partial charge in [-0.15, -0.1) is 22.7 Å². The van der Waals surface area contributed by atoms with Crippen molar-refractivity contribution in [3.63, 3.8) is 0 Å². The van der Waals surface area contributed by atoms with Gasteiger partial charge < -0.3 is 9.13 Å². The molecule has 0 amide bonds. The predicted octanol–water partition coefficient (Wildman–Crippen LogP) is 21.9. The molecular formula is C58H102N2S4. The number of aryl methyl sites for hydroxylation is 8. The van der Waals surface area contributed by atoms with Crippen LogP contribution in [0.2, 0.25) is 0 Å². The van der Waals surface area contributed by atoms with Crippen LogP contribution in [-0.2, 0) is 20.5 Å². The van der Waals surface area contributed by atoms with Gasteiger partial charge in [0.2, 0.25) is 0 Å². The Balaban J connectivity index is -0.000000112. The maximum Gasteiger partial charge on any atom is 0.0171 e. The van der Waals surface area contributed by atoms with E-state index in [1.165, 1.54) is 62.1 Å². The minimum atomic E-state index is 1.13. The van der Waals surface area contributed by atoms with E-state index >= 15 is 0 Å². The highest BCUT2D eigenvalue weighted by Gasteiger charge is 1.95. The number of rotatable bonds is 1. The van der Waals surface area contributed by atoms with Crippen LogP contribution >= 0.6 is 45.3 Å². The fraction of sp³-hybridized carbons (Fsp3) is 0.483. The van der Waals surface area contributed by atoms with Crippen LogP contribution in [0.3, 0.4) is 0 Å². The summed E-state index contributed by atoms with van der Waals surface area (Å²) in [5, 5.41) is 8.17. The van der Waals surface area contributed by atoms with Crippen molar-refractivity contribution >= 4 is 45.3 Å². The van der Waals surface area contributed by atoms with E-state index in [0.29, 0.717) is 0 Å². The Hall–Kier alpha value is -3.42. The first kappa shape index (κ1) is 74.9. The molecule has 6 aromatic heterocycles. The molecule has 0 atom stereocenters. The molecule has 6 heteroatoms. The summed E-state index contributed by atoms with van der Waals surface area (Å²) in [5.74, 6) is 0. The van der Waals surface area contributed by atoms with Gasteiger partial charge in [0.15, 0.2) is 0 Å². The minimum Gasteiger partial charge on any atom is -0.357 e. The molecule has 0 saturated carbocycles. The summed E-state index contributed by atoms with van der Waals surface area (Å²) in [7, 11) is 4.11. The molecular weight excluding hydrogens is 853 g/mol. The first-order valence-corrected chi connectivity index (χ1v) is 27.5. The summed E-state index contributed by atoms with van der Waals surface area (Å²) in [6.07, 6.45) is 10.1. The number of benzene rings is 1. The average molecular weight is 956 g/mol. The van der Waals surface area contributed by atoms with Crippen LogP contribution in [-0.4, -0.2) is 9.13 Å². The molecule has 7 aromatic rings. The lowest BCUT2D eigenvalue weighted by Gasteiger charge is -1.99. The molecule has 64 heavy (non-hydrogen) atoms. The zero-order chi connectivity index (χ0) is 50.8. The van der Waals surface area contributed by atoms with Gasteiger partial charge in [-0.05, 0) is 118 Å². The zero-order valence-corrected chi connectivity index (χ0v) is 49.1. The smallest absolute Gasteiger partial charge is 0.0171 e. The van der Waals surface area contributed by atoms with E-state index in [2.05, 4.69) is 164 Å². The van der Waals surface area contributed by atoms with Crippen molar-refractivity contribution in [1.29, 1.82) is 0 Å². The highest BCUT2D eigenvalue weighted by atomic mass is 32.1. The summed E-state index contributed by atoms with van der Waals surface area (Å²) < 4.78 is 4.22. The summed E-state index contributed by atoms with van der Waals surface area (Å²) in [4.78, 5) is 5.60. The van der Waals surface area contributed by atoms with Gasteiger partial charge in [-0.1, -0.05) is 190 Å². The molecule has 0 unspecified atom stereocenters. The van der Waals surface area contributed by atoms with E-state index in [-0.39, 0.29) is 0 Å². The number of aromatic nitrogens is 2. The Morgan fingerprint density at radius 1 is 0.375 bits per heavy atom. The lowest BCUT2D eigenvalue weighted by Crippen LogP contribution is -1.95. The van der Waals surface area contributed by atoms with E-state index < -0.39 is 0 Å². The molecule has 7 rings (SSSR count). The van der Waals surface area contributed by atoms with Crippen molar-refractivity contribution in [2.45, 2.75) is 178 Å². The van der Waals surface area contributed by atoms with Crippen LogP contribution in [0.5, 0.6) is 0 Å². The lowest BCUT2D eigenvalue weighted by atomic mass is 10.2. The van der Waals surface area contributed by atoms with E-state index in [0.717, 1.165) is 6.42 Å². The normalized spacial score (nSPS) is 7.92. The summed E-state index contributed by atoms with van der Waals surface area (Å²) in [6.45, 7) is 43.9. The van der Waals surface area contributed by atoms with Crippen molar-refractivity contribution in [2.24, 2.45) is 14.1 Å². The number of nitrogens with zero attached hydrogens (tertiary/aromatic N) is 2. The molecule has 2 nitrogen and oxygen atoms in total. The molecule has 0 aliphatic rings. The first-order chi connectivity index (χ1) is 30.8. The average Bonchev–Trinajstić information content (AvgIpc) is 4.17. The van der Waals surface area contributed by atoms with Gasteiger partial charge in [-0.3, -0.25) is 0 Å². The first-order valence-electron chi connectivity index (χ1n) is 24.0. The summed E-state index contributed by atoms with van der Waals surface area (Å²) in [6, 6.07) is 35.2. The van der Waals surface area contributed by atoms with Crippen LogP contribution in [0.25, 0.3) is 0 Å². The molecule has 0 saturated heterocycles. The third-order valence-corrected chi connectivity index (χ3v) is 9.22. The van der Waals surface area contributed by atoms with Gasteiger partial charge in [-0.25, -0.2) is 0 Å². The molecule has 0 bridgehead atoms. The molecule has 0 spiro atoms. The van der Waals surface area contributed by atoms with Gasteiger partial charge in [0.25, 0.3) is 0 Å². The maximum absolute atomic E-state index is 2.22. The van der Waals surface area contributed by atoms with Crippen molar-refractivity contribution in [3.8, 4) is 0 Å². The number of hydrogen-bond acceptors (Lipinski definition) is 4. The highest BCUT2D eigenvalue weighted by molar-refractivity contribution is 7.12. The van der Waals surface area contributed by atoms with Crippen LogP contribution in [0, 0.1) is 41.5 Å². The van der Waals surface area contributed by atoms with E-state index in [1.807, 2.05) is 164 Å². The standard InChI is InChI=1S/C8H13N.C7H8.2C6H8S.C5H7N.2C4H4S.4C3H8.3C2H6/c1-4-8-6-5-7(2)9(8)3;1-7-5-3-2-4-6-7;2*1-5-3-4-6(2)7-5;1-6-4-2-3-5-6;2*1-2-4-5-3-1;4*1-3-2;3*1-2/h5-6H,4H2,1-3H3;2-6H,1H3;2*3-4H,1-2H3;2-5H,1H3;2*1-4H;4*3H2,1-2H3;3*1-2H3. The Bertz CT molecular complexity index is 1520. The number of thiophene rings is 4. The van der Waals surface area contributed by atoms with Crippen LogP contribution in [0.15, 0.2) is 137 Å². The van der Waals surface area contributed by atoms with Crippen molar-refractivity contribution < 1.29 is 0 Å². The van der Waals surface area contributed by atoms with Crippen LogP contribution in [0.1, 0.15) is 166 Å². The molecule has 6 heterocycles. The molecule has 0 aliphatic heterocycles. The topological polar surface area (TPSA) is 9.86 Å². The summed E-state index contributed by atoms with van der Waals surface area (Å²) >= 11 is 7.11. The maximum atomic E-state index is 2.22. The largest absolute Gasteiger partial charge is 0.357 e. The highest BCUT2D eigenvalue weighted by Crippen LogP contribution is 2.12. The predicted molar refractivity (Wildman–Crippen MR) is 310 cm³/mol. The van der Waals surface area contributed by atoms with Crippen molar-refractivity contribution in [1.82, 2.24) is 9.13 Å². The van der Waals surface area contributed by atoms with E-state index in [1.54, 1.807) is 22.7 Å². The fourth-order valence-electron chi connectivity index (χ4n) is 3.54. The fourth-order valence-corrected chi connectivity index (χ4v) is 6.01. The Kier molecular flexibility index (Phi) is 77.5. The Morgan fingerprint density at radius 2 is 0.672 bits per heavy atom. The van der Waals surface area contributed by atoms with Gasteiger partial charge >= 0.3 is 0 Å². The van der Waals surface area contributed by atoms with Crippen LogP contribution in [0.4, 0.5) is 0 Å². The van der Waals surface area contributed by atoms with Crippen molar-refractivity contribution in [2.75, 3.05) is 0 Å². The minimum absolute atomic E-state index is 1.13. The van der Waals surface area contributed by atoms with Gasteiger partial charge in [0.05, 0.1) is 0 Å². The molecule has 0 aliphatic carbocycles. The Morgan fingerprint density at radius 3 is 0.781 bits per heavy atom. The van der Waals surface area contributed by atoms with Crippen LogP contribution < -0.4 is 0 Å². The van der Waals surface area contributed by atoms with Gasteiger partial charge in [-0.2, -0.15) is 22.7 Å². The SMILES string of the molecule is CC.CC.CC.CCC.CCC.CCC.CCC.CCc1ccc(C)n1C.Cc1ccc(C)s1.Cc1ccc(C)s1.Cc1ccccc1.Cn1cccc1.c1ccsc1.c1ccsc1. The number of hydrogen-bond donors (Lipinski definition) is 0. The third-order valence-electron chi connectivity index (χ3n) is 6.13. The third kappa shape index (κ3) is 65.2. The van der Waals surface area contributed by atoms with Gasteiger partial charge in [0.1, 0.15) is 0 Å². The van der Waals surface area contributed by atoms with Crippen molar-refractivity contribution in [3.05, 3.63) is 174 Å². The second-order valence-corrected chi connectivity index (χ2v) is 17.7. The molecule has 0 fully saturated rings. The second kappa shape index (κ2) is 66.2. The van der Waals surface area contributed by atoms with E-state index in [4.69, 9.17) is 0 Å². The molecule has 368 valence electrons. The lowest BCUT2D eigenvalue weighted by molar-refractivity contribution is 0.808. The quantitative estimate of drug-likeness (QED) is 0.155. The van der Waals surface area contributed by atoms with E-state index in [9.17, 15) is 0 Å². The Labute approximate surface area is 416 Å². The van der Waals surface area contributed by atoms with Gasteiger partial charge in [0, 0.05) is 57.4 Å². The molecule has 0 N–H and O–H groups in total. The molecule has 1 aromatic carbocycles. The monoisotopic (exact) mass is 955 g/mol. The summed E-state index contributed by atoms with van der Waals surface area (Å²) in [5.41, 5.74) is 4.07. The molecule has 0 radical (unpaired) electrons. The zero-order valence-electron chi connectivity index (χ0n) is 45.8. The second-order valence-electron chi connectivity index (χ2n) is 13.1.